The van der Waals surface area contributed by atoms with Gasteiger partial charge in [0, 0.05) is 28.5 Å². The molecule has 3 N–H and O–H groups in total. The van der Waals surface area contributed by atoms with E-state index in [0.29, 0.717) is 29.4 Å². The van der Waals surface area contributed by atoms with Crippen molar-refractivity contribution in [3.63, 3.8) is 0 Å². The number of benzene rings is 2. The van der Waals surface area contributed by atoms with Crippen LogP contribution >= 0.6 is 11.6 Å². The molecule has 1 aliphatic rings. The molecule has 0 radical (unpaired) electrons. The summed E-state index contributed by atoms with van der Waals surface area (Å²) in [6.07, 6.45) is 2.11. The molecule has 0 fully saturated rings. The summed E-state index contributed by atoms with van der Waals surface area (Å²) in [6.45, 7) is 0.503. The zero-order valence-corrected chi connectivity index (χ0v) is 15.1. The summed E-state index contributed by atoms with van der Waals surface area (Å²) < 4.78 is 1.77. The molecule has 2 aromatic carbocycles. The number of hydrogen-bond acceptors (Lipinski definition) is 3. The molecule has 4 rings (SSSR count). The minimum absolute atomic E-state index is 0.0701. The van der Waals surface area contributed by atoms with Crippen molar-refractivity contribution in [1.82, 2.24) is 9.78 Å². The molecule has 0 saturated heterocycles. The fourth-order valence-electron chi connectivity index (χ4n) is 3.38. The summed E-state index contributed by atoms with van der Waals surface area (Å²) in [5.74, 6) is 0.0243. The van der Waals surface area contributed by atoms with Crippen LogP contribution < -0.4 is 11.1 Å². The Kier molecular flexibility index (Phi) is 4.41. The van der Waals surface area contributed by atoms with Gasteiger partial charge in [0.1, 0.15) is 5.82 Å². The van der Waals surface area contributed by atoms with E-state index in [1.165, 1.54) is 0 Å². The van der Waals surface area contributed by atoms with Crippen molar-refractivity contribution in [2.24, 2.45) is 5.73 Å². The fraction of sp³-hybridized carbons (Fsp3) is 0.150. The summed E-state index contributed by atoms with van der Waals surface area (Å²) in [6, 6.07) is 14.6. The molecular weight excluding hydrogens is 364 g/mol. The van der Waals surface area contributed by atoms with Crippen LogP contribution in [0.3, 0.4) is 0 Å². The van der Waals surface area contributed by atoms with E-state index in [2.05, 4.69) is 10.4 Å². The monoisotopic (exact) mass is 380 g/mol. The van der Waals surface area contributed by atoms with Crippen LogP contribution in [0.4, 0.5) is 5.82 Å². The molecule has 1 aliphatic heterocycles. The van der Waals surface area contributed by atoms with Gasteiger partial charge in [0.2, 0.25) is 11.8 Å². The number of primary amides is 1. The second-order valence-electron chi connectivity index (χ2n) is 6.53. The Hall–Kier alpha value is -3.12. The first kappa shape index (κ1) is 17.3. The number of anilines is 1. The first-order valence-electron chi connectivity index (χ1n) is 8.51. The second-order valence-corrected chi connectivity index (χ2v) is 6.96. The zero-order chi connectivity index (χ0) is 19.0. The maximum absolute atomic E-state index is 12.3. The molecule has 1 unspecified atom stereocenters. The quantitative estimate of drug-likeness (QED) is 0.728. The van der Waals surface area contributed by atoms with Gasteiger partial charge in [-0.1, -0.05) is 35.9 Å². The van der Waals surface area contributed by atoms with Gasteiger partial charge >= 0.3 is 0 Å². The van der Waals surface area contributed by atoms with E-state index >= 15 is 0 Å². The Bertz CT molecular complexity index is 1030. The number of rotatable bonds is 4. The number of amides is 2. The van der Waals surface area contributed by atoms with Gasteiger partial charge in [-0.3, -0.25) is 9.59 Å². The lowest BCUT2D eigenvalue weighted by Gasteiger charge is -2.24. The number of carbonyl (C=O) groups excluding carboxylic acids is 2. The van der Waals surface area contributed by atoms with Crippen LogP contribution in [0.25, 0.3) is 0 Å². The Labute approximate surface area is 160 Å². The van der Waals surface area contributed by atoms with Crippen LogP contribution in [-0.2, 0) is 11.3 Å². The van der Waals surface area contributed by atoms with Gasteiger partial charge in [0.25, 0.3) is 0 Å². The number of aromatic nitrogens is 2. The second kappa shape index (κ2) is 6.89. The topological polar surface area (TPSA) is 90.0 Å². The number of fused-ring (bicyclic) bond motifs is 1. The third-order valence-corrected chi connectivity index (χ3v) is 4.94. The van der Waals surface area contributed by atoms with E-state index in [4.69, 9.17) is 17.3 Å². The van der Waals surface area contributed by atoms with Crippen molar-refractivity contribution in [3.8, 4) is 0 Å². The number of halogens is 1. The van der Waals surface area contributed by atoms with Gasteiger partial charge in [0.15, 0.2) is 0 Å². The largest absolute Gasteiger partial charge is 0.366 e. The molecular formula is C20H17ClN4O2. The molecule has 0 bridgehead atoms. The normalized spacial score (nSPS) is 15.9. The van der Waals surface area contributed by atoms with Crippen molar-refractivity contribution in [1.29, 1.82) is 0 Å². The van der Waals surface area contributed by atoms with Crippen LogP contribution in [0, 0.1) is 0 Å². The molecule has 27 heavy (non-hydrogen) atoms. The van der Waals surface area contributed by atoms with E-state index in [1.807, 2.05) is 36.4 Å². The fourth-order valence-corrected chi connectivity index (χ4v) is 3.59. The minimum atomic E-state index is -0.474. The predicted molar refractivity (Wildman–Crippen MR) is 103 cm³/mol. The Morgan fingerprint density at radius 1 is 1.26 bits per heavy atom. The van der Waals surface area contributed by atoms with E-state index in [0.717, 1.165) is 16.7 Å². The number of nitrogens with two attached hydrogens (primary N) is 1. The van der Waals surface area contributed by atoms with Crippen LogP contribution in [0.5, 0.6) is 0 Å². The van der Waals surface area contributed by atoms with Gasteiger partial charge < -0.3 is 11.1 Å². The number of hydrogen-bond donors (Lipinski definition) is 2. The van der Waals surface area contributed by atoms with Crippen molar-refractivity contribution >= 4 is 29.2 Å². The van der Waals surface area contributed by atoms with Gasteiger partial charge in [-0.15, -0.1) is 0 Å². The lowest BCUT2D eigenvalue weighted by Crippen LogP contribution is -2.25. The highest BCUT2D eigenvalue weighted by Crippen LogP contribution is 2.37. The third kappa shape index (κ3) is 3.44. The maximum atomic E-state index is 12.3. The van der Waals surface area contributed by atoms with Crippen LogP contribution in [0.2, 0.25) is 5.02 Å². The van der Waals surface area contributed by atoms with Crippen molar-refractivity contribution in [2.45, 2.75) is 18.9 Å². The van der Waals surface area contributed by atoms with Gasteiger partial charge in [-0.2, -0.15) is 5.10 Å². The summed E-state index contributed by atoms with van der Waals surface area (Å²) >= 11 is 6.06. The number of nitrogens with one attached hydrogen (secondary N) is 1. The average molecular weight is 381 g/mol. The zero-order valence-electron chi connectivity index (χ0n) is 14.4. The average Bonchev–Trinajstić information content (AvgIpc) is 3.04. The standard InChI is InChI=1S/C20H17ClN4O2/c21-15-3-1-2-12(8-15)11-25-20-17(10-23-25)16(9-18(26)24-20)13-4-6-14(7-5-13)19(22)27/h1-8,10,16H,9,11H2,(H2,22,27)(H,24,26). The number of carbonyl (C=O) groups is 2. The predicted octanol–water partition coefficient (Wildman–Crippen LogP) is 3.16. The van der Waals surface area contributed by atoms with Gasteiger partial charge in [-0.05, 0) is 35.4 Å². The molecule has 136 valence electrons. The highest BCUT2D eigenvalue weighted by molar-refractivity contribution is 6.30. The van der Waals surface area contributed by atoms with Crippen LogP contribution in [0.1, 0.15) is 39.4 Å². The molecule has 2 amide bonds. The van der Waals surface area contributed by atoms with E-state index < -0.39 is 5.91 Å². The maximum Gasteiger partial charge on any atom is 0.248 e. The highest BCUT2D eigenvalue weighted by Gasteiger charge is 2.30. The lowest BCUT2D eigenvalue weighted by atomic mass is 9.87. The van der Waals surface area contributed by atoms with E-state index in [1.54, 1.807) is 23.0 Å². The molecule has 1 aromatic heterocycles. The Balaban J connectivity index is 1.67. The summed E-state index contributed by atoms with van der Waals surface area (Å²) in [5, 5.41) is 8.05. The lowest BCUT2D eigenvalue weighted by molar-refractivity contribution is -0.116. The van der Waals surface area contributed by atoms with Crippen molar-refractivity contribution in [3.05, 3.63) is 82.0 Å². The first-order valence-corrected chi connectivity index (χ1v) is 8.89. The van der Waals surface area contributed by atoms with Crippen LogP contribution in [-0.4, -0.2) is 21.6 Å². The number of nitrogens with zero attached hydrogens (tertiary/aromatic N) is 2. The summed E-state index contributed by atoms with van der Waals surface area (Å²) in [7, 11) is 0. The smallest absolute Gasteiger partial charge is 0.248 e. The minimum Gasteiger partial charge on any atom is -0.366 e. The summed E-state index contributed by atoms with van der Waals surface area (Å²) in [5.41, 5.74) is 8.63. The van der Waals surface area contributed by atoms with Gasteiger partial charge in [0.05, 0.1) is 12.7 Å². The molecule has 1 atom stereocenters. The Morgan fingerprint density at radius 2 is 2.04 bits per heavy atom. The molecule has 3 aromatic rings. The molecule has 7 heteroatoms. The highest BCUT2D eigenvalue weighted by atomic mass is 35.5. The van der Waals surface area contributed by atoms with E-state index in [9.17, 15) is 9.59 Å². The molecule has 0 aliphatic carbocycles. The first-order chi connectivity index (χ1) is 13.0. The third-order valence-electron chi connectivity index (χ3n) is 4.71. The molecule has 2 heterocycles. The van der Waals surface area contributed by atoms with Gasteiger partial charge in [-0.25, -0.2) is 4.68 Å². The molecule has 0 saturated carbocycles. The SMILES string of the molecule is NC(=O)c1ccc(C2CC(=O)Nc3c2cnn3Cc2cccc(Cl)c2)cc1. The Morgan fingerprint density at radius 3 is 2.74 bits per heavy atom. The summed E-state index contributed by atoms with van der Waals surface area (Å²) in [4.78, 5) is 23.6. The van der Waals surface area contributed by atoms with Crippen molar-refractivity contribution in [2.75, 3.05) is 5.32 Å². The van der Waals surface area contributed by atoms with Crippen molar-refractivity contribution < 1.29 is 9.59 Å². The van der Waals surface area contributed by atoms with E-state index in [-0.39, 0.29) is 11.8 Å². The molecule has 6 nitrogen and oxygen atoms in total. The molecule has 0 spiro atoms. The van der Waals surface area contributed by atoms with Crippen LogP contribution in [0.15, 0.2) is 54.7 Å².